The van der Waals surface area contributed by atoms with Gasteiger partial charge < -0.3 is 9.64 Å². The van der Waals surface area contributed by atoms with Gasteiger partial charge in [-0.2, -0.15) is 0 Å². The van der Waals surface area contributed by atoms with Gasteiger partial charge in [0.15, 0.2) is 0 Å². The van der Waals surface area contributed by atoms with E-state index in [1.165, 1.54) is 0 Å². The van der Waals surface area contributed by atoms with E-state index in [0.717, 1.165) is 60.8 Å². The van der Waals surface area contributed by atoms with E-state index in [1.54, 1.807) is 22.8 Å². The number of nitrogens with one attached hydrogen (secondary N) is 1. The molecular formula is C21H25N3O4S2. The van der Waals surface area contributed by atoms with Gasteiger partial charge in [0.2, 0.25) is 10.0 Å². The first-order chi connectivity index (χ1) is 14.5. The number of aryl methyl sites for hydroxylation is 1. The lowest BCUT2D eigenvalue weighted by Crippen LogP contribution is -2.36. The van der Waals surface area contributed by atoms with Crippen molar-refractivity contribution >= 4 is 37.3 Å². The van der Waals surface area contributed by atoms with Crippen molar-refractivity contribution in [2.24, 2.45) is 0 Å². The van der Waals surface area contributed by atoms with Gasteiger partial charge in [-0.1, -0.05) is 30.4 Å². The van der Waals surface area contributed by atoms with Crippen LogP contribution in [0.1, 0.15) is 18.9 Å². The van der Waals surface area contributed by atoms with E-state index < -0.39 is 10.0 Å². The zero-order chi connectivity index (χ0) is 21.1. The predicted octanol–water partition coefficient (Wildman–Crippen LogP) is 2.79. The van der Waals surface area contributed by atoms with Gasteiger partial charge >= 0.3 is 4.87 Å². The molecule has 2 aromatic carbocycles. The number of hydrogen-bond donors (Lipinski definition) is 1. The molecule has 0 saturated carbocycles. The first-order valence-corrected chi connectivity index (χ1v) is 12.3. The number of rotatable bonds is 7. The van der Waals surface area contributed by atoms with Gasteiger partial charge in [-0.25, -0.2) is 13.1 Å². The van der Waals surface area contributed by atoms with Crippen LogP contribution in [0.2, 0.25) is 0 Å². The maximum absolute atomic E-state index is 12.8. The molecule has 0 aliphatic carbocycles. The highest BCUT2D eigenvalue weighted by Crippen LogP contribution is 2.22. The molecule has 1 aromatic heterocycles. The Morgan fingerprint density at radius 2 is 1.83 bits per heavy atom. The first-order valence-electron chi connectivity index (χ1n) is 10.0. The summed E-state index contributed by atoms with van der Waals surface area (Å²) in [6.45, 7) is 6.01. The molecule has 1 N–H and O–H groups in total. The minimum absolute atomic E-state index is 0.0604. The molecule has 1 fully saturated rings. The molecule has 3 aromatic rings. The average molecular weight is 448 g/mol. The SMILES string of the molecule is CCCn1c(=O)sc2cc(S(=O)(=O)NCc3ccc(N4CCOCC4)cc3)ccc21. The number of ether oxygens (including phenoxy) is 1. The van der Waals surface area contributed by atoms with Crippen LogP contribution in [-0.2, 0) is 27.8 Å². The Bertz CT molecular complexity index is 1180. The molecule has 9 heteroatoms. The fourth-order valence-corrected chi connectivity index (χ4v) is 5.63. The number of hydrogen-bond acceptors (Lipinski definition) is 6. The second-order valence-corrected chi connectivity index (χ2v) is 10.00. The molecule has 7 nitrogen and oxygen atoms in total. The zero-order valence-corrected chi connectivity index (χ0v) is 18.5. The van der Waals surface area contributed by atoms with Crippen LogP contribution in [0.4, 0.5) is 5.69 Å². The van der Waals surface area contributed by atoms with Crippen molar-refractivity contribution in [3.05, 3.63) is 57.7 Å². The molecule has 0 radical (unpaired) electrons. The summed E-state index contributed by atoms with van der Waals surface area (Å²) in [4.78, 5) is 14.5. The van der Waals surface area contributed by atoms with Crippen LogP contribution in [0.15, 0.2) is 52.2 Å². The third kappa shape index (κ3) is 4.44. The molecule has 0 amide bonds. The largest absolute Gasteiger partial charge is 0.378 e. The van der Waals surface area contributed by atoms with E-state index in [9.17, 15) is 13.2 Å². The molecule has 2 heterocycles. The zero-order valence-electron chi connectivity index (χ0n) is 16.8. The lowest BCUT2D eigenvalue weighted by molar-refractivity contribution is 0.122. The van der Waals surface area contributed by atoms with Crippen molar-refractivity contribution in [1.29, 1.82) is 0 Å². The van der Waals surface area contributed by atoms with Crippen molar-refractivity contribution < 1.29 is 13.2 Å². The van der Waals surface area contributed by atoms with E-state index in [1.807, 2.05) is 31.2 Å². The number of fused-ring (bicyclic) bond motifs is 1. The molecule has 4 rings (SSSR count). The quantitative estimate of drug-likeness (QED) is 0.602. The normalized spacial score (nSPS) is 15.0. The highest BCUT2D eigenvalue weighted by molar-refractivity contribution is 7.89. The standard InChI is InChI=1S/C21H25N3O4S2/c1-2-9-24-19-8-7-18(14-20(19)29-21(24)25)30(26,27)22-15-16-3-5-17(6-4-16)23-10-12-28-13-11-23/h3-8,14,22H,2,9-13,15H2,1H3. The highest BCUT2D eigenvalue weighted by Gasteiger charge is 2.17. The fraction of sp³-hybridized carbons (Fsp3) is 0.381. The van der Waals surface area contributed by atoms with Crippen molar-refractivity contribution in [3.8, 4) is 0 Å². The Morgan fingerprint density at radius 1 is 1.10 bits per heavy atom. The second kappa shape index (κ2) is 8.89. The van der Waals surface area contributed by atoms with Crippen LogP contribution >= 0.6 is 11.3 Å². The van der Waals surface area contributed by atoms with E-state index >= 15 is 0 Å². The van der Waals surface area contributed by atoms with Crippen molar-refractivity contribution in [3.63, 3.8) is 0 Å². The number of aromatic nitrogens is 1. The summed E-state index contributed by atoms with van der Waals surface area (Å²) in [6, 6.07) is 12.8. The Morgan fingerprint density at radius 3 is 2.53 bits per heavy atom. The molecule has 1 saturated heterocycles. The number of nitrogens with zero attached hydrogens (tertiary/aromatic N) is 2. The number of benzene rings is 2. The molecule has 1 aliphatic heterocycles. The van der Waals surface area contributed by atoms with E-state index in [4.69, 9.17) is 4.74 Å². The van der Waals surface area contributed by atoms with Gasteiger partial charge in [0.25, 0.3) is 0 Å². The monoisotopic (exact) mass is 447 g/mol. The summed E-state index contributed by atoms with van der Waals surface area (Å²) in [5.74, 6) is 0. The number of anilines is 1. The van der Waals surface area contributed by atoms with Gasteiger partial charge in [-0.05, 0) is 42.3 Å². The Balaban J connectivity index is 1.47. The Labute approximate surface area is 179 Å². The van der Waals surface area contributed by atoms with E-state index in [0.29, 0.717) is 11.2 Å². The van der Waals surface area contributed by atoms with Gasteiger partial charge in [-0.3, -0.25) is 9.36 Å². The molecule has 0 unspecified atom stereocenters. The number of sulfonamides is 1. The minimum atomic E-state index is -3.68. The van der Waals surface area contributed by atoms with Crippen LogP contribution in [0, 0.1) is 0 Å². The maximum Gasteiger partial charge on any atom is 0.308 e. The number of thiazole rings is 1. The molecule has 30 heavy (non-hydrogen) atoms. The summed E-state index contributed by atoms with van der Waals surface area (Å²) in [6.07, 6.45) is 0.845. The molecule has 0 atom stereocenters. The molecule has 0 spiro atoms. The molecular weight excluding hydrogens is 422 g/mol. The fourth-order valence-electron chi connectivity index (χ4n) is 3.56. The summed E-state index contributed by atoms with van der Waals surface area (Å²) in [5, 5.41) is 0. The molecule has 160 valence electrons. The molecule has 0 bridgehead atoms. The maximum atomic E-state index is 12.8. The van der Waals surface area contributed by atoms with Crippen molar-refractivity contribution in [2.75, 3.05) is 31.2 Å². The van der Waals surface area contributed by atoms with E-state index in [2.05, 4.69) is 9.62 Å². The van der Waals surface area contributed by atoms with Crippen molar-refractivity contribution in [1.82, 2.24) is 9.29 Å². The van der Waals surface area contributed by atoms with Gasteiger partial charge in [0.05, 0.1) is 28.3 Å². The topological polar surface area (TPSA) is 80.6 Å². The summed E-state index contributed by atoms with van der Waals surface area (Å²) >= 11 is 1.08. The van der Waals surface area contributed by atoms with E-state index in [-0.39, 0.29) is 16.3 Å². The Kier molecular flexibility index (Phi) is 6.24. The van der Waals surface area contributed by atoms with Crippen molar-refractivity contribution in [2.45, 2.75) is 31.3 Å². The van der Waals surface area contributed by atoms with Gasteiger partial charge in [0, 0.05) is 31.9 Å². The minimum Gasteiger partial charge on any atom is -0.378 e. The second-order valence-electron chi connectivity index (χ2n) is 7.24. The lowest BCUT2D eigenvalue weighted by Gasteiger charge is -2.28. The summed E-state index contributed by atoms with van der Waals surface area (Å²) < 4.78 is 35.9. The lowest BCUT2D eigenvalue weighted by atomic mass is 10.2. The summed E-state index contributed by atoms with van der Waals surface area (Å²) in [7, 11) is -3.68. The third-order valence-electron chi connectivity index (χ3n) is 5.18. The average Bonchev–Trinajstić information content (AvgIpc) is 3.08. The van der Waals surface area contributed by atoms with Crippen LogP contribution in [0.25, 0.3) is 10.2 Å². The van der Waals surface area contributed by atoms with Crippen LogP contribution in [0.3, 0.4) is 0 Å². The summed E-state index contributed by atoms with van der Waals surface area (Å²) in [5.41, 5.74) is 2.78. The van der Waals surface area contributed by atoms with Gasteiger partial charge in [-0.15, -0.1) is 0 Å². The first kappa shape index (κ1) is 21.0. The smallest absolute Gasteiger partial charge is 0.308 e. The number of morpholine rings is 1. The van der Waals surface area contributed by atoms with Gasteiger partial charge in [0.1, 0.15) is 0 Å². The van der Waals surface area contributed by atoms with Crippen LogP contribution in [0.5, 0.6) is 0 Å². The third-order valence-corrected chi connectivity index (χ3v) is 7.52. The predicted molar refractivity (Wildman–Crippen MR) is 120 cm³/mol. The van der Waals surface area contributed by atoms with Crippen LogP contribution < -0.4 is 14.5 Å². The van der Waals surface area contributed by atoms with Crippen LogP contribution in [-0.4, -0.2) is 39.3 Å². The Hall–Kier alpha value is -2.20. The molecule has 1 aliphatic rings. The highest BCUT2D eigenvalue weighted by atomic mass is 32.2.